The molecule has 2 aromatic carbocycles. The molecule has 0 aliphatic rings. The Hall–Kier alpha value is -3.35. The number of para-hydroxylation sites is 1. The molecule has 0 spiro atoms. The van der Waals surface area contributed by atoms with Gasteiger partial charge in [0.25, 0.3) is 5.89 Å². The molecule has 7 nitrogen and oxygen atoms in total. The maximum atomic E-state index is 11.7. The first kappa shape index (κ1) is 16.5. The van der Waals surface area contributed by atoms with Gasteiger partial charge in [-0.1, -0.05) is 42.5 Å². The van der Waals surface area contributed by atoms with Gasteiger partial charge >= 0.3 is 6.09 Å². The number of carbonyl (C=O) groups is 1. The molecule has 0 radical (unpaired) electrons. The fourth-order valence-electron chi connectivity index (χ4n) is 2.18. The lowest BCUT2D eigenvalue weighted by molar-refractivity contribution is 0.138. The van der Waals surface area contributed by atoms with E-state index < -0.39 is 6.09 Å². The molecule has 1 aromatic heterocycles. The van der Waals surface area contributed by atoms with Crippen LogP contribution in [0.25, 0.3) is 11.5 Å². The third kappa shape index (κ3) is 4.35. The third-order valence-electron chi connectivity index (χ3n) is 3.40. The summed E-state index contributed by atoms with van der Waals surface area (Å²) in [5, 5.41) is 10.5. The van der Waals surface area contributed by atoms with Crippen LogP contribution in [0.4, 0.5) is 4.79 Å². The number of methoxy groups -OCH3 is 1. The fraction of sp³-hybridized carbons (Fsp3) is 0.167. The summed E-state index contributed by atoms with van der Waals surface area (Å²) in [4.78, 5) is 11.7. The van der Waals surface area contributed by atoms with E-state index in [2.05, 4.69) is 15.5 Å². The Morgan fingerprint density at radius 2 is 1.84 bits per heavy atom. The predicted molar refractivity (Wildman–Crippen MR) is 89.8 cm³/mol. The summed E-state index contributed by atoms with van der Waals surface area (Å²) in [5.41, 5.74) is 1.60. The second kappa shape index (κ2) is 7.96. The Kier molecular flexibility index (Phi) is 5.26. The maximum Gasteiger partial charge on any atom is 0.407 e. The van der Waals surface area contributed by atoms with E-state index in [1.165, 1.54) is 0 Å². The van der Waals surface area contributed by atoms with Crippen molar-refractivity contribution in [1.82, 2.24) is 15.5 Å². The van der Waals surface area contributed by atoms with Crippen molar-refractivity contribution in [3.05, 3.63) is 66.1 Å². The van der Waals surface area contributed by atoms with Gasteiger partial charge in [0, 0.05) is 0 Å². The molecule has 25 heavy (non-hydrogen) atoms. The van der Waals surface area contributed by atoms with Crippen LogP contribution in [0.1, 0.15) is 11.5 Å². The van der Waals surface area contributed by atoms with E-state index in [-0.39, 0.29) is 19.0 Å². The SMILES string of the molecule is COc1ccccc1-c1nnc(CNC(=O)OCc2ccccc2)o1. The first-order valence-corrected chi connectivity index (χ1v) is 7.66. The molecule has 3 rings (SSSR count). The molecule has 1 N–H and O–H groups in total. The Morgan fingerprint density at radius 3 is 2.64 bits per heavy atom. The van der Waals surface area contributed by atoms with Gasteiger partial charge in [0.05, 0.1) is 19.2 Å². The zero-order valence-electron chi connectivity index (χ0n) is 13.6. The largest absolute Gasteiger partial charge is 0.496 e. The van der Waals surface area contributed by atoms with Crippen molar-refractivity contribution in [2.24, 2.45) is 0 Å². The van der Waals surface area contributed by atoms with E-state index in [9.17, 15) is 4.79 Å². The van der Waals surface area contributed by atoms with Crippen molar-refractivity contribution in [1.29, 1.82) is 0 Å². The van der Waals surface area contributed by atoms with Gasteiger partial charge in [-0.2, -0.15) is 0 Å². The summed E-state index contributed by atoms with van der Waals surface area (Å²) in [6.45, 7) is 0.277. The average Bonchev–Trinajstić information content (AvgIpc) is 3.14. The molecule has 1 amide bonds. The van der Waals surface area contributed by atoms with Crippen molar-refractivity contribution >= 4 is 6.09 Å². The Bertz CT molecular complexity index is 833. The summed E-state index contributed by atoms with van der Waals surface area (Å²) < 4.78 is 15.9. The lowest BCUT2D eigenvalue weighted by Crippen LogP contribution is -2.23. The van der Waals surface area contributed by atoms with Crippen molar-refractivity contribution < 1.29 is 18.7 Å². The molecule has 0 saturated heterocycles. The van der Waals surface area contributed by atoms with E-state index in [1.807, 2.05) is 48.5 Å². The number of carbonyl (C=O) groups excluding carboxylic acids is 1. The highest BCUT2D eigenvalue weighted by Gasteiger charge is 2.13. The lowest BCUT2D eigenvalue weighted by Gasteiger charge is -2.05. The minimum Gasteiger partial charge on any atom is -0.496 e. The molecular weight excluding hydrogens is 322 g/mol. The van der Waals surface area contributed by atoms with Crippen LogP contribution in [0.3, 0.4) is 0 Å². The second-order valence-electron chi connectivity index (χ2n) is 5.12. The van der Waals surface area contributed by atoms with Crippen molar-refractivity contribution in [3.63, 3.8) is 0 Å². The van der Waals surface area contributed by atoms with Gasteiger partial charge in [0.1, 0.15) is 12.4 Å². The molecule has 0 bridgehead atoms. The molecule has 0 saturated carbocycles. The number of hydrogen-bond donors (Lipinski definition) is 1. The molecule has 0 unspecified atom stereocenters. The summed E-state index contributed by atoms with van der Waals surface area (Å²) in [6.07, 6.45) is -0.555. The van der Waals surface area contributed by atoms with E-state index in [4.69, 9.17) is 13.9 Å². The summed E-state index contributed by atoms with van der Waals surface area (Å²) in [6, 6.07) is 16.7. The van der Waals surface area contributed by atoms with Crippen LogP contribution < -0.4 is 10.1 Å². The number of nitrogens with one attached hydrogen (secondary N) is 1. The summed E-state index contributed by atoms with van der Waals surface area (Å²) in [5.74, 6) is 1.23. The molecule has 0 atom stereocenters. The van der Waals surface area contributed by atoms with Crippen LogP contribution in [0, 0.1) is 0 Å². The first-order valence-electron chi connectivity index (χ1n) is 7.66. The van der Waals surface area contributed by atoms with E-state index in [0.717, 1.165) is 5.56 Å². The zero-order chi connectivity index (χ0) is 17.5. The molecule has 0 fully saturated rings. The zero-order valence-corrected chi connectivity index (χ0v) is 13.6. The Balaban J connectivity index is 1.54. The Labute approximate surface area is 144 Å². The highest BCUT2D eigenvalue weighted by atomic mass is 16.5. The van der Waals surface area contributed by atoms with Gasteiger partial charge < -0.3 is 19.2 Å². The summed E-state index contributed by atoms with van der Waals surface area (Å²) >= 11 is 0. The van der Waals surface area contributed by atoms with Crippen molar-refractivity contribution in [2.45, 2.75) is 13.2 Å². The molecule has 1 heterocycles. The molecule has 0 aliphatic heterocycles. The third-order valence-corrected chi connectivity index (χ3v) is 3.40. The smallest absolute Gasteiger partial charge is 0.407 e. The van der Waals surface area contributed by atoms with Crippen LogP contribution in [0.5, 0.6) is 5.75 Å². The number of benzene rings is 2. The van der Waals surface area contributed by atoms with Gasteiger partial charge in [-0.15, -0.1) is 10.2 Å². The number of hydrogen-bond acceptors (Lipinski definition) is 6. The quantitative estimate of drug-likeness (QED) is 0.742. The van der Waals surface area contributed by atoms with E-state index >= 15 is 0 Å². The van der Waals surface area contributed by atoms with Crippen LogP contribution in [0.2, 0.25) is 0 Å². The van der Waals surface area contributed by atoms with Gasteiger partial charge in [0.15, 0.2) is 0 Å². The summed E-state index contributed by atoms with van der Waals surface area (Å²) in [7, 11) is 1.57. The van der Waals surface area contributed by atoms with Crippen LogP contribution in [-0.2, 0) is 17.9 Å². The first-order chi connectivity index (χ1) is 12.3. The average molecular weight is 339 g/mol. The molecule has 7 heteroatoms. The van der Waals surface area contributed by atoms with Gasteiger partial charge in [-0.05, 0) is 17.7 Å². The van der Waals surface area contributed by atoms with Crippen LogP contribution in [0.15, 0.2) is 59.0 Å². The highest BCUT2D eigenvalue weighted by molar-refractivity contribution is 5.67. The van der Waals surface area contributed by atoms with Crippen molar-refractivity contribution in [3.8, 4) is 17.2 Å². The number of rotatable bonds is 6. The normalized spacial score (nSPS) is 10.3. The lowest BCUT2D eigenvalue weighted by atomic mass is 10.2. The van der Waals surface area contributed by atoms with Gasteiger partial charge in [0.2, 0.25) is 5.89 Å². The predicted octanol–water partition coefficient (Wildman–Crippen LogP) is 3.17. The molecular formula is C18H17N3O4. The maximum absolute atomic E-state index is 11.7. The molecule has 3 aromatic rings. The number of ether oxygens (including phenoxy) is 2. The van der Waals surface area contributed by atoms with Crippen LogP contribution >= 0.6 is 0 Å². The molecule has 0 aliphatic carbocycles. The Morgan fingerprint density at radius 1 is 1.08 bits per heavy atom. The minimum atomic E-state index is -0.555. The topological polar surface area (TPSA) is 86.5 Å². The number of aromatic nitrogens is 2. The number of nitrogens with zero attached hydrogens (tertiary/aromatic N) is 2. The monoisotopic (exact) mass is 339 g/mol. The standard InChI is InChI=1S/C18H17N3O4/c1-23-15-10-6-5-9-14(15)17-21-20-16(25-17)11-19-18(22)24-12-13-7-3-2-4-8-13/h2-10H,11-12H2,1H3,(H,19,22). The minimum absolute atomic E-state index is 0.0791. The number of alkyl carbamates (subject to hydrolysis) is 1. The van der Waals surface area contributed by atoms with E-state index in [1.54, 1.807) is 13.2 Å². The molecule has 128 valence electrons. The number of amides is 1. The van der Waals surface area contributed by atoms with E-state index in [0.29, 0.717) is 17.2 Å². The highest BCUT2D eigenvalue weighted by Crippen LogP contribution is 2.28. The van der Waals surface area contributed by atoms with Gasteiger partial charge in [-0.25, -0.2) is 4.79 Å². The van der Waals surface area contributed by atoms with Gasteiger partial charge in [-0.3, -0.25) is 0 Å². The second-order valence-corrected chi connectivity index (χ2v) is 5.12. The van der Waals surface area contributed by atoms with Crippen molar-refractivity contribution in [2.75, 3.05) is 7.11 Å². The van der Waals surface area contributed by atoms with Crippen LogP contribution in [-0.4, -0.2) is 23.4 Å². The fourth-order valence-corrected chi connectivity index (χ4v) is 2.18.